The van der Waals surface area contributed by atoms with Crippen molar-refractivity contribution in [1.82, 2.24) is 10.2 Å². The summed E-state index contributed by atoms with van der Waals surface area (Å²) in [6.45, 7) is 5.06. The summed E-state index contributed by atoms with van der Waals surface area (Å²) in [6.07, 6.45) is 2.14. The van der Waals surface area contributed by atoms with Crippen molar-refractivity contribution >= 4 is 40.7 Å². The van der Waals surface area contributed by atoms with Gasteiger partial charge in [-0.25, -0.2) is 0 Å². The number of nitrogens with one attached hydrogen (secondary N) is 1. The number of hydrogen-bond donors (Lipinski definition) is 1. The monoisotopic (exact) mass is 497 g/mol. The van der Waals surface area contributed by atoms with Gasteiger partial charge in [-0.3, -0.25) is 4.99 Å². The molecule has 1 saturated heterocycles. The summed E-state index contributed by atoms with van der Waals surface area (Å²) >= 11 is 0. The standard InChI is InChI=1S/C22H31N3O2.HI/c1-23-22(25-12-10-19(16-25)17-27-14-13-26-2)24-11-9-18-7-8-20-5-3-4-6-21(20)15-18;/h3-8,15,19H,9-14,16-17H2,1-2H3,(H,23,24);1H. The second kappa shape index (κ2) is 12.2. The van der Waals surface area contributed by atoms with Gasteiger partial charge in [0.05, 0.1) is 19.8 Å². The fourth-order valence-corrected chi connectivity index (χ4v) is 3.60. The van der Waals surface area contributed by atoms with Crippen molar-refractivity contribution < 1.29 is 9.47 Å². The van der Waals surface area contributed by atoms with Crippen molar-refractivity contribution in [3.63, 3.8) is 0 Å². The van der Waals surface area contributed by atoms with Crippen LogP contribution in [-0.4, -0.2) is 64.5 Å². The number of fused-ring (bicyclic) bond motifs is 1. The van der Waals surface area contributed by atoms with Crippen molar-refractivity contribution in [2.75, 3.05) is 53.6 Å². The molecule has 0 aliphatic carbocycles. The van der Waals surface area contributed by atoms with Gasteiger partial charge in [-0.1, -0.05) is 42.5 Å². The van der Waals surface area contributed by atoms with Crippen molar-refractivity contribution in [3.05, 3.63) is 48.0 Å². The molecule has 6 heteroatoms. The highest BCUT2D eigenvalue weighted by Gasteiger charge is 2.24. The van der Waals surface area contributed by atoms with Crippen LogP contribution >= 0.6 is 24.0 Å². The predicted octanol–water partition coefficient (Wildman–Crippen LogP) is 3.56. The maximum Gasteiger partial charge on any atom is 0.193 e. The number of guanidine groups is 1. The molecular formula is C22H32IN3O2. The largest absolute Gasteiger partial charge is 0.382 e. The van der Waals surface area contributed by atoms with Crippen LogP contribution in [0.1, 0.15) is 12.0 Å². The van der Waals surface area contributed by atoms with Gasteiger partial charge in [-0.15, -0.1) is 24.0 Å². The number of methoxy groups -OCH3 is 1. The van der Waals surface area contributed by atoms with Gasteiger partial charge >= 0.3 is 0 Å². The van der Waals surface area contributed by atoms with Gasteiger partial charge in [-0.05, 0) is 29.2 Å². The molecule has 1 unspecified atom stereocenters. The molecule has 0 amide bonds. The number of nitrogens with zero attached hydrogens (tertiary/aromatic N) is 2. The molecule has 0 saturated carbocycles. The lowest BCUT2D eigenvalue weighted by molar-refractivity contribution is 0.0536. The van der Waals surface area contributed by atoms with Gasteiger partial charge in [0, 0.05) is 39.7 Å². The number of benzene rings is 2. The quantitative estimate of drug-likeness (QED) is 0.262. The molecule has 2 aromatic carbocycles. The minimum absolute atomic E-state index is 0. The van der Waals surface area contributed by atoms with E-state index in [9.17, 15) is 0 Å². The first-order chi connectivity index (χ1) is 13.3. The SMILES string of the molecule is CN=C(NCCc1ccc2ccccc2c1)N1CCC(COCCOC)C1.I. The smallest absolute Gasteiger partial charge is 0.193 e. The van der Waals surface area contributed by atoms with Crippen LogP contribution in [0.15, 0.2) is 47.5 Å². The van der Waals surface area contributed by atoms with Gasteiger partial charge in [-0.2, -0.15) is 0 Å². The summed E-state index contributed by atoms with van der Waals surface area (Å²) in [5.41, 5.74) is 1.35. The fraction of sp³-hybridized carbons (Fsp3) is 0.500. The average Bonchev–Trinajstić information content (AvgIpc) is 3.17. The van der Waals surface area contributed by atoms with E-state index in [1.807, 2.05) is 7.05 Å². The molecule has 0 spiro atoms. The van der Waals surface area contributed by atoms with Crippen LogP contribution < -0.4 is 5.32 Å². The Morgan fingerprint density at radius 1 is 1.18 bits per heavy atom. The zero-order chi connectivity index (χ0) is 18.9. The van der Waals surface area contributed by atoms with E-state index in [1.165, 1.54) is 16.3 Å². The molecule has 28 heavy (non-hydrogen) atoms. The highest BCUT2D eigenvalue weighted by Crippen LogP contribution is 2.17. The van der Waals surface area contributed by atoms with Gasteiger partial charge < -0.3 is 19.7 Å². The number of likely N-dealkylation sites (tertiary alicyclic amines) is 1. The molecule has 1 atom stereocenters. The molecule has 1 aliphatic heterocycles. The first kappa shape index (κ1) is 22.9. The van der Waals surface area contributed by atoms with Crippen LogP contribution in [0.3, 0.4) is 0 Å². The van der Waals surface area contributed by atoms with Crippen LogP contribution in [0.4, 0.5) is 0 Å². The summed E-state index contributed by atoms with van der Waals surface area (Å²) in [4.78, 5) is 6.80. The molecule has 2 aromatic rings. The van der Waals surface area contributed by atoms with Gasteiger partial charge in [0.15, 0.2) is 5.96 Å². The van der Waals surface area contributed by atoms with Crippen molar-refractivity contribution in [1.29, 1.82) is 0 Å². The van der Waals surface area contributed by atoms with E-state index in [2.05, 4.69) is 57.7 Å². The second-order valence-corrected chi connectivity index (χ2v) is 7.07. The number of ether oxygens (including phenoxy) is 2. The minimum Gasteiger partial charge on any atom is -0.382 e. The number of halogens is 1. The Morgan fingerprint density at radius 3 is 2.79 bits per heavy atom. The molecule has 3 rings (SSSR count). The molecular weight excluding hydrogens is 465 g/mol. The van der Waals surface area contributed by atoms with Crippen LogP contribution in [0, 0.1) is 5.92 Å². The molecule has 5 nitrogen and oxygen atoms in total. The number of rotatable bonds is 8. The van der Waals surface area contributed by atoms with Crippen LogP contribution in [0.5, 0.6) is 0 Å². The molecule has 0 aromatic heterocycles. The Morgan fingerprint density at radius 2 is 2.00 bits per heavy atom. The Labute approximate surface area is 185 Å². The third-order valence-electron chi connectivity index (χ3n) is 5.09. The van der Waals surface area contributed by atoms with Crippen molar-refractivity contribution in [2.45, 2.75) is 12.8 Å². The first-order valence-electron chi connectivity index (χ1n) is 9.80. The molecule has 0 radical (unpaired) electrons. The normalized spacial score (nSPS) is 17.0. The summed E-state index contributed by atoms with van der Waals surface area (Å²) in [5.74, 6) is 1.57. The third kappa shape index (κ3) is 6.60. The summed E-state index contributed by atoms with van der Waals surface area (Å²) in [5, 5.41) is 6.11. The minimum atomic E-state index is 0. The summed E-state index contributed by atoms with van der Waals surface area (Å²) in [6, 6.07) is 15.2. The number of aliphatic imine (C=N–C) groups is 1. The molecule has 1 fully saturated rings. The number of hydrogen-bond acceptors (Lipinski definition) is 3. The van der Waals surface area contributed by atoms with Gasteiger partial charge in [0.2, 0.25) is 0 Å². The molecule has 1 aliphatic rings. The fourth-order valence-electron chi connectivity index (χ4n) is 3.60. The third-order valence-corrected chi connectivity index (χ3v) is 5.09. The van der Waals surface area contributed by atoms with E-state index >= 15 is 0 Å². The molecule has 1 N–H and O–H groups in total. The van der Waals surface area contributed by atoms with E-state index in [4.69, 9.17) is 9.47 Å². The Kier molecular flexibility index (Phi) is 10.0. The van der Waals surface area contributed by atoms with Crippen LogP contribution in [0.2, 0.25) is 0 Å². The predicted molar refractivity (Wildman–Crippen MR) is 127 cm³/mol. The van der Waals surface area contributed by atoms with E-state index < -0.39 is 0 Å². The van der Waals surface area contributed by atoms with Crippen LogP contribution in [0.25, 0.3) is 10.8 Å². The highest BCUT2D eigenvalue weighted by atomic mass is 127. The van der Waals surface area contributed by atoms with Crippen LogP contribution in [-0.2, 0) is 15.9 Å². The Bertz CT molecular complexity index is 753. The average molecular weight is 497 g/mol. The lowest BCUT2D eigenvalue weighted by Crippen LogP contribution is -2.41. The lowest BCUT2D eigenvalue weighted by Gasteiger charge is -2.21. The Hall–Kier alpha value is -1.38. The van der Waals surface area contributed by atoms with E-state index in [1.54, 1.807) is 7.11 Å². The summed E-state index contributed by atoms with van der Waals surface area (Å²) in [7, 11) is 3.56. The maximum atomic E-state index is 5.68. The molecule has 0 bridgehead atoms. The van der Waals surface area contributed by atoms with Crippen molar-refractivity contribution in [3.8, 4) is 0 Å². The van der Waals surface area contributed by atoms with E-state index in [-0.39, 0.29) is 24.0 Å². The highest BCUT2D eigenvalue weighted by molar-refractivity contribution is 14.0. The first-order valence-corrected chi connectivity index (χ1v) is 9.80. The zero-order valence-electron chi connectivity index (χ0n) is 16.9. The topological polar surface area (TPSA) is 46.1 Å². The van der Waals surface area contributed by atoms with E-state index in [0.29, 0.717) is 19.1 Å². The molecule has 1 heterocycles. The van der Waals surface area contributed by atoms with Crippen molar-refractivity contribution in [2.24, 2.45) is 10.9 Å². The van der Waals surface area contributed by atoms with Gasteiger partial charge in [0.25, 0.3) is 0 Å². The maximum absolute atomic E-state index is 5.68. The lowest BCUT2D eigenvalue weighted by atomic mass is 10.1. The summed E-state index contributed by atoms with van der Waals surface area (Å²) < 4.78 is 10.7. The second-order valence-electron chi connectivity index (χ2n) is 7.07. The zero-order valence-corrected chi connectivity index (χ0v) is 19.2. The van der Waals surface area contributed by atoms with Gasteiger partial charge in [0.1, 0.15) is 0 Å². The Balaban J connectivity index is 0.00000280. The molecule has 154 valence electrons. The van der Waals surface area contributed by atoms with E-state index in [0.717, 1.165) is 45.0 Å².